The van der Waals surface area contributed by atoms with Crippen LogP contribution in [-0.2, 0) is 15.3 Å². The zero-order chi connectivity index (χ0) is 22.7. The van der Waals surface area contributed by atoms with Gasteiger partial charge in [0.05, 0.1) is 15.8 Å². The molecular formula is C21H17Cl3N4O2S2. The Hall–Kier alpha value is -1.84. The number of benzene rings is 2. The molecule has 0 spiro atoms. The topological polar surface area (TPSA) is 75.2 Å². The summed E-state index contributed by atoms with van der Waals surface area (Å²) in [5.41, 5.74) is 1.80. The molecule has 0 saturated carbocycles. The number of carbonyl (C=O) groups is 2. The van der Waals surface area contributed by atoms with Crippen molar-refractivity contribution in [3.8, 4) is 0 Å². The molecule has 2 aromatic carbocycles. The van der Waals surface area contributed by atoms with E-state index in [1.807, 2.05) is 18.2 Å². The van der Waals surface area contributed by atoms with Crippen molar-refractivity contribution in [3.63, 3.8) is 0 Å². The molecule has 32 heavy (non-hydrogen) atoms. The highest BCUT2D eigenvalue weighted by Crippen LogP contribution is 2.34. The predicted octanol–water partition coefficient (Wildman–Crippen LogP) is 5.89. The SMILES string of the molecule is O=C(CSCc1ccc(Cl)c(Cl)c1)Nc1nnc(C2CC(=O)N(c3ccc(Cl)cc3)C2)s1. The lowest BCUT2D eigenvalue weighted by molar-refractivity contribution is -0.117. The summed E-state index contributed by atoms with van der Waals surface area (Å²) in [6.07, 6.45) is 0.352. The van der Waals surface area contributed by atoms with E-state index in [-0.39, 0.29) is 23.5 Å². The molecule has 1 unspecified atom stereocenters. The van der Waals surface area contributed by atoms with Gasteiger partial charge in [-0.2, -0.15) is 0 Å². The average Bonchev–Trinajstić information content (AvgIpc) is 3.38. The fraction of sp³-hybridized carbons (Fsp3) is 0.238. The van der Waals surface area contributed by atoms with Crippen LogP contribution < -0.4 is 10.2 Å². The summed E-state index contributed by atoms with van der Waals surface area (Å²) >= 11 is 20.6. The van der Waals surface area contributed by atoms with E-state index in [9.17, 15) is 9.59 Å². The van der Waals surface area contributed by atoms with Gasteiger partial charge in [0.15, 0.2) is 0 Å². The van der Waals surface area contributed by atoms with E-state index >= 15 is 0 Å². The van der Waals surface area contributed by atoms with Crippen LogP contribution in [0.15, 0.2) is 42.5 Å². The number of nitrogens with zero attached hydrogens (tertiary/aromatic N) is 3. The molecule has 2 amide bonds. The van der Waals surface area contributed by atoms with E-state index in [2.05, 4.69) is 15.5 Å². The Morgan fingerprint density at radius 1 is 1.12 bits per heavy atom. The molecule has 6 nitrogen and oxygen atoms in total. The van der Waals surface area contributed by atoms with E-state index in [0.29, 0.717) is 38.9 Å². The number of halogens is 3. The zero-order valence-corrected chi connectivity index (χ0v) is 20.5. The van der Waals surface area contributed by atoms with Crippen molar-refractivity contribution < 1.29 is 9.59 Å². The van der Waals surface area contributed by atoms with Crippen molar-refractivity contribution in [2.24, 2.45) is 0 Å². The van der Waals surface area contributed by atoms with Gasteiger partial charge in [0.1, 0.15) is 5.01 Å². The lowest BCUT2D eigenvalue weighted by Gasteiger charge is -2.16. The number of nitrogens with one attached hydrogen (secondary N) is 1. The zero-order valence-electron chi connectivity index (χ0n) is 16.6. The summed E-state index contributed by atoms with van der Waals surface area (Å²) in [6, 6.07) is 12.6. The largest absolute Gasteiger partial charge is 0.312 e. The number of anilines is 2. The Kier molecular flexibility index (Phi) is 7.58. The summed E-state index contributed by atoms with van der Waals surface area (Å²) in [6.45, 7) is 0.516. The average molecular weight is 528 g/mol. The molecule has 1 aliphatic rings. The number of thioether (sulfide) groups is 1. The molecule has 1 aliphatic heterocycles. The molecule has 1 saturated heterocycles. The third-order valence-electron chi connectivity index (χ3n) is 4.79. The van der Waals surface area contributed by atoms with E-state index in [1.54, 1.807) is 29.2 Å². The summed E-state index contributed by atoms with van der Waals surface area (Å²) < 4.78 is 0. The third kappa shape index (κ3) is 5.74. The molecule has 1 atom stereocenters. The first-order valence-corrected chi connectivity index (χ1v) is 12.7. The maximum Gasteiger partial charge on any atom is 0.236 e. The van der Waals surface area contributed by atoms with Gasteiger partial charge in [-0.05, 0) is 42.0 Å². The lowest BCUT2D eigenvalue weighted by atomic mass is 10.1. The second-order valence-electron chi connectivity index (χ2n) is 7.12. The van der Waals surface area contributed by atoms with E-state index in [0.717, 1.165) is 16.3 Å². The third-order valence-corrected chi connectivity index (χ3v) is 7.78. The van der Waals surface area contributed by atoms with Gasteiger partial charge in [-0.15, -0.1) is 22.0 Å². The maximum absolute atomic E-state index is 12.5. The first kappa shape index (κ1) is 23.3. The highest BCUT2D eigenvalue weighted by atomic mass is 35.5. The second kappa shape index (κ2) is 10.4. The molecule has 1 aromatic heterocycles. The highest BCUT2D eigenvalue weighted by Gasteiger charge is 2.34. The van der Waals surface area contributed by atoms with Gasteiger partial charge < -0.3 is 4.90 Å². The lowest BCUT2D eigenvalue weighted by Crippen LogP contribution is -2.24. The number of carbonyl (C=O) groups excluding carboxylic acids is 2. The monoisotopic (exact) mass is 526 g/mol. The summed E-state index contributed by atoms with van der Waals surface area (Å²) in [7, 11) is 0. The van der Waals surface area contributed by atoms with Gasteiger partial charge in [-0.25, -0.2) is 0 Å². The van der Waals surface area contributed by atoms with Gasteiger partial charge in [0, 0.05) is 35.3 Å². The van der Waals surface area contributed by atoms with Crippen LogP contribution in [-0.4, -0.2) is 34.3 Å². The van der Waals surface area contributed by atoms with Gasteiger partial charge in [0.25, 0.3) is 0 Å². The first-order valence-electron chi connectivity index (χ1n) is 9.60. The van der Waals surface area contributed by atoms with Crippen molar-refractivity contribution in [1.29, 1.82) is 0 Å². The van der Waals surface area contributed by atoms with Gasteiger partial charge in [-0.1, -0.05) is 52.2 Å². The van der Waals surface area contributed by atoms with Crippen LogP contribution in [0.4, 0.5) is 10.8 Å². The Bertz CT molecular complexity index is 1140. The molecule has 0 bridgehead atoms. The van der Waals surface area contributed by atoms with Crippen molar-refractivity contribution >= 4 is 80.5 Å². The van der Waals surface area contributed by atoms with Crippen molar-refractivity contribution in [2.45, 2.75) is 18.1 Å². The van der Waals surface area contributed by atoms with Crippen LogP contribution in [0.5, 0.6) is 0 Å². The normalized spacial score (nSPS) is 15.9. The molecule has 0 aliphatic carbocycles. The number of rotatable bonds is 7. The maximum atomic E-state index is 12.5. The highest BCUT2D eigenvalue weighted by molar-refractivity contribution is 7.99. The minimum atomic E-state index is -0.164. The van der Waals surface area contributed by atoms with Crippen LogP contribution in [0.1, 0.15) is 22.9 Å². The smallest absolute Gasteiger partial charge is 0.236 e. The molecule has 1 fully saturated rings. The second-order valence-corrected chi connectivity index (χ2v) is 10.4. The Morgan fingerprint density at radius 3 is 2.66 bits per heavy atom. The number of amides is 2. The van der Waals surface area contributed by atoms with Crippen LogP contribution in [0.2, 0.25) is 15.1 Å². The summed E-state index contributed by atoms with van der Waals surface area (Å²) in [4.78, 5) is 26.4. The van der Waals surface area contributed by atoms with Crippen LogP contribution in [0, 0.1) is 0 Å². The van der Waals surface area contributed by atoms with Crippen LogP contribution >= 0.6 is 57.9 Å². The number of aromatic nitrogens is 2. The number of hydrogen-bond donors (Lipinski definition) is 1. The minimum absolute atomic E-state index is 0.0248. The van der Waals surface area contributed by atoms with E-state index < -0.39 is 0 Å². The molecule has 0 radical (unpaired) electrons. The van der Waals surface area contributed by atoms with Gasteiger partial charge in [-0.3, -0.25) is 14.9 Å². The molecular weight excluding hydrogens is 511 g/mol. The fourth-order valence-corrected chi connectivity index (χ4v) is 5.31. The quantitative estimate of drug-likeness (QED) is 0.415. The molecule has 11 heteroatoms. The summed E-state index contributed by atoms with van der Waals surface area (Å²) in [5.74, 6) is 0.697. The molecule has 4 rings (SSSR count). The predicted molar refractivity (Wildman–Crippen MR) is 132 cm³/mol. The molecule has 3 aromatic rings. The van der Waals surface area contributed by atoms with Crippen molar-refractivity contribution in [1.82, 2.24) is 10.2 Å². The van der Waals surface area contributed by atoms with Gasteiger partial charge >= 0.3 is 0 Å². The summed E-state index contributed by atoms with van der Waals surface area (Å²) in [5, 5.41) is 13.8. The molecule has 166 valence electrons. The van der Waals surface area contributed by atoms with Gasteiger partial charge in [0.2, 0.25) is 16.9 Å². The van der Waals surface area contributed by atoms with Crippen LogP contribution in [0.3, 0.4) is 0 Å². The van der Waals surface area contributed by atoms with E-state index in [4.69, 9.17) is 34.8 Å². The minimum Gasteiger partial charge on any atom is -0.312 e. The van der Waals surface area contributed by atoms with Crippen LogP contribution in [0.25, 0.3) is 0 Å². The Balaban J connectivity index is 1.29. The Morgan fingerprint density at radius 2 is 1.91 bits per heavy atom. The van der Waals surface area contributed by atoms with Crippen molar-refractivity contribution in [2.75, 3.05) is 22.5 Å². The number of hydrogen-bond acceptors (Lipinski definition) is 6. The van der Waals surface area contributed by atoms with E-state index in [1.165, 1.54) is 23.1 Å². The molecule has 1 N–H and O–H groups in total. The molecule has 2 heterocycles. The van der Waals surface area contributed by atoms with Crippen molar-refractivity contribution in [3.05, 3.63) is 68.1 Å². The fourth-order valence-electron chi connectivity index (χ4n) is 3.24. The standard InChI is InChI=1S/C21H17Cl3N4O2S2/c22-14-2-4-15(5-3-14)28-9-13(8-19(28)30)20-26-27-21(32-20)25-18(29)11-31-10-12-1-6-16(23)17(24)7-12/h1-7,13H,8-11H2,(H,25,27,29). The first-order chi connectivity index (χ1) is 15.4. The Labute approximate surface area is 208 Å².